The second-order valence-corrected chi connectivity index (χ2v) is 7.01. The van der Waals surface area contributed by atoms with Crippen LogP contribution < -0.4 is 10.8 Å². The van der Waals surface area contributed by atoms with Gasteiger partial charge < -0.3 is 5.32 Å². The molecule has 9 heteroatoms. The minimum absolute atomic E-state index is 0.0707. The summed E-state index contributed by atoms with van der Waals surface area (Å²) >= 11 is 0. The van der Waals surface area contributed by atoms with E-state index in [4.69, 9.17) is 5.21 Å². The molecule has 0 unspecified atom stereocenters. The predicted octanol–water partition coefficient (Wildman–Crippen LogP) is 4.82. The van der Waals surface area contributed by atoms with Crippen LogP contribution in [0.15, 0.2) is 72.8 Å². The van der Waals surface area contributed by atoms with Gasteiger partial charge in [-0.15, -0.1) is 0 Å². The molecule has 0 heterocycles. The number of alkyl halides is 3. The van der Waals surface area contributed by atoms with Crippen molar-refractivity contribution < 1.29 is 32.4 Å². The Hall–Kier alpha value is -3.98. The van der Waals surface area contributed by atoms with E-state index < -0.39 is 29.4 Å². The maximum Gasteiger partial charge on any atom is 0.416 e. The van der Waals surface area contributed by atoms with Gasteiger partial charge in [0.25, 0.3) is 11.8 Å². The fourth-order valence-electron chi connectivity index (χ4n) is 2.96. The Bertz CT molecular complexity index is 1150. The number of hydroxylamine groups is 1. The van der Waals surface area contributed by atoms with Crippen LogP contribution in [0.25, 0.3) is 11.6 Å². The van der Waals surface area contributed by atoms with Gasteiger partial charge in [0.05, 0.1) is 5.56 Å². The van der Waals surface area contributed by atoms with Gasteiger partial charge in [-0.05, 0) is 59.2 Å². The molecule has 0 fully saturated rings. The summed E-state index contributed by atoms with van der Waals surface area (Å²) in [7, 11) is 0. The summed E-state index contributed by atoms with van der Waals surface area (Å²) in [4.78, 5) is 24.3. The third-order valence-corrected chi connectivity index (χ3v) is 4.72. The minimum Gasteiger partial charge on any atom is -0.348 e. The summed E-state index contributed by atoms with van der Waals surface area (Å²) < 4.78 is 51.9. The second kappa shape index (κ2) is 10.1. The number of benzene rings is 3. The molecular formula is C24H18F4N2O3. The van der Waals surface area contributed by atoms with Crippen LogP contribution in [0.1, 0.15) is 32.6 Å². The average Bonchev–Trinajstić information content (AvgIpc) is 2.81. The largest absolute Gasteiger partial charge is 0.416 e. The monoisotopic (exact) mass is 458 g/mol. The van der Waals surface area contributed by atoms with Crippen molar-refractivity contribution in [3.8, 4) is 0 Å². The maximum absolute atomic E-state index is 13.2. The molecule has 0 radical (unpaired) electrons. The van der Waals surface area contributed by atoms with Gasteiger partial charge in [-0.25, -0.2) is 9.87 Å². The van der Waals surface area contributed by atoms with Gasteiger partial charge in [0.15, 0.2) is 0 Å². The summed E-state index contributed by atoms with van der Waals surface area (Å²) in [6, 6.07) is 15.5. The third-order valence-electron chi connectivity index (χ3n) is 4.72. The number of halogens is 4. The van der Waals surface area contributed by atoms with E-state index in [0.717, 1.165) is 12.1 Å². The first-order valence-corrected chi connectivity index (χ1v) is 9.64. The van der Waals surface area contributed by atoms with Crippen LogP contribution >= 0.6 is 0 Å². The molecule has 0 saturated heterocycles. The van der Waals surface area contributed by atoms with Crippen LogP contribution in [0.5, 0.6) is 0 Å². The maximum atomic E-state index is 13.2. The molecule has 0 aromatic heterocycles. The van der Waals surface area contributed by atoms with Crippen LogP contribution in [-0.4, -0.2) is 17.0 Å². The third kappa shape index (κ3) is 6.27. The van der Waals surface area contributed by atoms with Gasteiger partial charge in [-0.1, -0.05) is 36.4 Å². The smallest absolute Gasteiger partial charge is 0.348 e. The molecule has 3 aromatic rings. The molecule has 2 amide bonds. The lowest BCUT2D eigenvalue weighted by Crippen LogP contribution is -2.24. The zero-order valence-electron chi connectivity index (χ0n) is 17.0. The fourth-order valence-corrected chi connectivity index (χ4v) is 2.96. The van der Waals surface area contributed by atoms with Crippen molar-refractivity contribution >= 4 is 23.5 Å². The van der Waals surface area contributed by atoms with E-state index in [1.54, 1.807) is 12.1 Å². The summed E-state index contributed by atoms with van der Waals surface area (Å²) in [6.45, 7) is 0.0707. The molecule has 0 spiro atoms. The average molecular weight is 458 g/mol. The molecule has 170 valence electrons. The highest BCUT2D eigenvalue weighted by Crippen LogP contribution is 2.30. The fraction of sp³-hybridized carbons (Fsp3) is 0.0833. The molecule has 0 aliphatic heterocycles. The lowest BCUT2D eigenvalue weighted by molar-refractivity contribution is -0.137. The Kier molecular flexibility index (Phi) is 7.24. The SMILES string of the molecule is O=C(NCc1ccc(C(=O)NO)cc1)C(=Cc1ccc(F)cc1)c1ccc(C(F)(F)F)cc1. The van der Waals surface area contributed by atoms with Crippen molar-refractivity contribution in [1.82, 2.24) is 10.8 Å². The number of nitrogens with one attached hydrogen (secondary N) is 2. The predicted molar refractivity (Wildman–Crippen MR) is 113 cm³/mol. The highest BCUT2D eigenvalue weighted by molar-refractivity contribution is 6.24. The molecule has 3 N–H and O–H groups in total. The molecule has 33 heavy (non-hydrogen) atoms. The zero-order chi connectivity index (χ0) is 24.0. The van der Waals surface area contributed by atoms with Crippen molar-refractivity contribution in [1.29, 1.82) is 0 Å². The van der Waals surface area contributed by atoms with Crippen molar-refractivity contribution in [2.75, 3.05) is 0 Å². The van der Waals surface area contributed by atoms with Gasteiger partial charge in [0.2, 0.25) is 0 Å². The minimum atomic E-state index is -4.51. The Morgan fingerprint density at radius 1 is 0.848 bits per heavy atom. The van der Waals surface area contributed by atoms with E-state index in [-0.39, 0.29) is 23.2 Å². The van der Waals surface area contributed by atoms with Crippen molar-refractivity contribution in [2.24, 2.45) is 0 Å². The van der Waals surface area contributed by atoms with Crippen LogP contribution in [0.4, 0.5) is 17.6 Å². The molecular weight excluding hydrogens is 440 g/mol. The summed E-state index contributed by atoms with van der Waals surface area (Å²) in [5, 5.41) is 11.3. The molecule has 0 bridgehead atoms. The highest BCUT2D eigenvalue weighted by atomic mass is 19.4. The number of hydrogen-bond acceptors (Lipinski definition) is 3. The van der Waals surface area contributed by atoms with Gasteiger partial charge in [0.1, 0.15) is 5.82 Å². The number of rotatable bonds is 6. The van der Waals surface area contributed by atoms with E-state index in [0.29, 0.717) is 11.1 Å². The second-order valence-electron chi connectivity index (χ2n) is 7.01. The lowest BCUT2D eigenvalue weighted by Gasteiger charge is -2.12. The van der Waals surface area contributed by atoms with Gasteiger partial charge in [-0.2, -0.15) is 13.2 Å². The Morgan fingerprint density at radius 2 is 1.42 bits per heavy atom. The van der Waals surface area contributed by atoms with Crippen LogP contribution in [-0.2, 0) is 17.5 Å². The standard InChI is InChI=1S/C24H18F4N2O3/c25-20-11-3-15(4-12-20)13-21(17-7-9-19(10-8-17)24(26,27)28)23(32)29-14-16-1-5-18(6-2-16)22(31)30-33/h1-13,33H,14H2,(H,29,32)(H,30,31). The van der Waals surface area contributed by atoms with Crippen molar-refractivity contribution in [2.45, 2.75) is 12.7 Å². The topological polar surface area (TPSA) is 78.4 Å². The van der Waals surface area contributed by atoms with Crippen molar-refractivity contribution in [3.63, 3.8) is 0 Å². The van der Waals surface area contributed by atoms with Crippen LogP contribution in [0, 0.1) is 5.82 Å². The first-order chi connectivity index (χ1) is 15.7. The van der Waals surface area contributed by atoms with Gasteiger partial charge >= 0.3 is 6.18 Å². The number of carbonyl (C=O) groups is 2. The number of carbonyl (C=O) groups excluding carboxylic acids is 2. The Morgan fingerprint density at radius 3 is 1.97 bits per heavy atom. The molecule has 5 nitrogen and oxygen atoms in total. The number of amides is 2. The van der Waals surface area contributed by atoms with E-state index in [1.807, 2.05) is 0 Å². The summed E-state index contributed by atoms with van der Waals surface area (Å²) in [5.41, 5.74) is 2.35. The molecule has 0 saturated carbocycles. The van der Waals surface area contributed by atoms with E-state index in [2.05, 4.69) is 5.32 Å². The quantitative estimate of drug-likeness (QED) is 0.163. The van der Waals surface area contributed by atoms with Crippen LogP contribution in [0.2, 0.25) is 0 Å². The molecule has 3 rings (SSSR count). The molecule has 0 atom stereocenters. The Labute approximate surface area is 186 Å². The highest BCUT2D eigenvalue weighted by Gasteiger charge is 2.30. The van der Waals surface area contributed by atoms with E-state index in [1.165, 1.54) is 60.1 Å². The summed E-state index contributed by atoms with van der Waals surface area (Å²) in [6.07, 6.45) is -3.06. The normalized spacial score (nSPS) is 11.7. The Balaban J connectivity index is 1.84. The van der Waals surface area contributed by atoms with Crippen LogP contribution in [0.3, 0.4) is 0 Å². The first kappa shape index (κ1) is 23.7. The molecule has 0 aliphatic carbocycles. The zero-order valence-corrected chi connectivity index (χ0v) is 17.0. The summed E-state index contributed by atoms with van der Waals surface area (Å²) in [5.74, 6) is -1.71. The van der Waals surface area contributed by atoms with E-state index in [9.17, 15) is 27.2 Å². The first-order valence-electron chi connectivity index (χ1n) is 9.64. The van der Waals surface area contributed by atoms with E-state index >= 15 is 0 Å². The number of hydrogen-bond donors (Lipinski definition) is 3. The molecule has 0 aliphatic rings. The molecule has 3 aromatic carbocycles. The van der Waals surface area contributed by atoms with Gasteiger partial charge in [0, 0.05) is 17.7 Å². The van der Waals surface area contributed by atoms with Crippen molar-refractivity contribution in [3.05, 3.63) is 106 Å². The van der Waals surface area contributed by atoms with Gasteiger partial charge in [-0.3, -0.25) is 14.8 Å². The lowest BCUT2D eigenvalue weighted by atomic mass is 10.00.